The molecule has 3 heterocycles. The van der Waals surface area contributed by atoms with Gasteiger partial charge in [-0.3, -0.25) is 9.59 Å². The molecule has 0 aromatic heterocycles. The second-order valence-electron chi connectivity index (χ2n) is 13.2. The number of carbonyl (C=O) groups excluding carboxylic acids is 2. The summed E-state index contributed by atoms with van der Waals surface area (Å²) in [6.45, 7) is 8.17. The Hall–Kier alpha value is -5.10. The molecule has 0 fully saturated rings. The van der Waals surface area contributed by atoms with Gasteiger partial charge in [-0.2, -0.15) is 0 Å². The first kappa shape index (κ1) is 25.4. The lowest BCUT2D eigenvalue weighted by Crippen LogP contribution is -2.39. The minimum absolute atomic E-state index is 0.110. The molecule has 0 spiro atoms. The maximum absolute atomic E-state index is 15.1. The second kappa shape index (κ2) is 7.88. The van der Waals surface area contributed by atoms with Crippen LogP contribution in [0.2, 0.25) is 0 Å². The molecule has 0 saturated carbocycles. The van der Waals surface area contributed by atoms with Crippen molar-refractivity contribution in [1.29, 1.82) is 0 Å². The minimum Gasteiger partial charge on any atom is -0.453 e. The molecule has 4 nitrogen and oxygen atoms in total. The molecule has 0 saturated heterocycles. The van der Waals surface area contributed by atoms with E-state index in [4.69, 9.17) is 4.74 Å². The Bertz CT molecular complexity index is 2130. The summed E-state index contributed by atoms with van der Waals surface area (Å²) in [7, 11) is 0. The van der Waals surface area contributed by atoms with E-state index in [2.05, 4.69) is 4.90 Å². The molecule has 1 aliphatic carbocycles. The number of ketones is 2. The van der Waals surface area contributed by atoms with Gasteiger partial charge in [-0.05, 0) is 81.1 Å². The van der Waals surface area contributed by atoms with E-state index in [1.54, 1.807) is 18.2 Å². The summed E-state index contributed by atoms with van der Waals surface area (Å²) in [6, 6.07) is 21.0. The third kappa shape index (κ3) is 3.00. The summed E-state index contributed by atoms with van der Waals surface area (Å²) in [5.74, 6) is -0.818. The fourth-order valence-electron chi connectivity index (χ4n) is 7.70. The zero-order valence-corrected chi connectivity index (χ0v) is 24.4. The number of anilines is 3. The van der Waals surface area contributed by atoms with Crippen LogP contribution in [0.15, 0.2) is 78.4 Å². The molecule has 44 heavy (non-hydrogen) atoms. The number of fused-ring (bicyclic) bond motifs is 2. The molecular formula is C38H25F2NO3. The van der Waals surface area contributed by atoms with Crippen molar-refractivity contribution < 1.29 is 23.1 Å². The summed E-state index contributed by atoms with van der Waals surface area (Å²) < 4.78 is 36.4. The first-order valence-corrected chi connectivity index (χ1v) is 14.6. The molecule has 0 bridgehead atoms. The van der Waals surface area contributed by atoms with E-state index in [-0.39, 0.29) is 17.1 Å². The molecular weight excluding hydrogens is 556 g/mol. The highest BCUT2D eigenvalue weighted by atomic mass is 19.1. The van der Waals surface area contributed by atoms with Crippen LogP contribution in [0.25, 0.3) is 16.8 Å². The topological polar surface area (TPSA) is 46.6 Å². The number of ether oxygens (including phenoxy) is 1. The van der Waals surface area contributed by atoms with Crippen LogP contribution >= 0.6 is 0 Å². The largest absolute Gasteiger partial charge is 0.453 e. The third-order valence-corrected chi connectivity index (χ3v) is 9.97. The van der Waals surface area contributed by atoms with E-state index < -0.39 is 22.5 Å². The van der Waals surface area contributed by atoms with E-state index in [0.29, 0.717) is 28.2 Å². The van der Waals surface area contributed by atoms with E-state index in [1.807, 2.05) is 64.1 Å². The number of allylic oxidation sites excluding steroid dienone is 1. The summed E-state index contributed by atoms with van der Waals surface area (Å²) in [5.41, 5.74) is 6.01. The van der Waals surface area contributed by atoms with Gasteiger partial charge < -0.3 is 9.64 Å². The lowest BCUT2D eigenvalue weighted by atomic mass is 9.65. The molecule has 5 aromatic carbocycles. The molecule has 6 heteroatoms. The van der Waals surface area contributed by atoms with Crippen molar-refractivity contribution in [2.75, 3.05) is 4.90 Å². The standard InChI is InChI=1S/C38H25F2NO3/c1-37(2)26-10-18(9-25-35(42)23-12-19-7-5-6-8-20(19)13-24(23)36(25)43)11-27-32(26)41-33-28(37)14-21(39)16-30(33)44-31-17-22(40)15-29(34(31)41)38(27,3)4/h5-17H,1-4H3. The van der Waals surface area contributed by atoms with Crippen molar-refractivity contribution in [1.82, 2.24) is 0 Å². The zero-order valence-electron chi connectivity index (χ0n) is 24.4. The zero-order chi connectivity index (χ0) is 30.4. The number of benzene rings is 5. The Labute approximate surface area is 252 Å². The van der Waals surface area contributed by atoms with Gasteiger partial charge in [0.05, 0.1) is 22.6 Å². The van der Waals surface area contributed by atoms with Gasteiger partial charge in [0.25, 0.3) is 0 Å². The molecule has 5 aromatic rings. The van der Waals surface area contributed by atoms with E-state index in [9.17, 15) is 9.59 Å². The molecule has 0 atom stereocenters. The lowest BCUT2D eigenvalue weighted by molar-refractivity contribution is 0.0990. The van der Waals surface area contributed by atoms with Crippen LogP contribution in [0.1, 0.15) is 76.2 Å². The van der Waals surface area contributed by atoms with Crippen LogP contribution in [0.5, 0.6) is 11.5 Å². The Balaban J connectivity index is 1.31. The first-order chi connectivity index (χ1) is 20.9. The number of rotatable bonds is 1. The lowest BCUT2D eigenvalue weighted by Gasteiger charge is -2.51. The van der Waals surface area contributed by atoms with Crippen molar-refractivity contribution in [3.8, 4) is 11.5 Å². The number of hydrogen-bond acceptors (Lipinski definition) is 4. The summed E-state index contributed by atoms with van der Waals surface area (Å²) in [4.78, 5) is 29.4. The summed E-state index contributed by atoms with van der Waals surface area (Å²) >= 11 is 0. The molecule has 0 amide bonds. The fraction of sp³-hybridized carbons (Fsp3) is 0.158. The van der Waals surface area contributed by atoms with Crippen LogP contribution in [0.4, 0.5) is 25.8 Å². The van der Waals surface area contributed by atoms with Gasteiger partial charge in [-0.25, -0.2) is 8.78 Å². The van der Waals surface area contributed by atoms with Crippen LogP contribution in [-0.4, -0.2) is 11.6 Å². The predicted molar refractivity (Wildman–Crippen MR) is 166 cm³/mol. The van der Waals surface area contributed by atoms with E-state index in [0.717, 1.165) is 50.1 Å². The molecule has 214 valence electrons. The highest BCUT2D eigenvalue weighted by Crippen LogP contribution is 2.66. The summed E-state index contributed by atoms with van der Waals surface area (Å²) in [5, 5.41) is 1.80. The molecule has 3 aliphatic heterocycles. The van der Waals surface area contributed by atoms with Crippen LogP contribution in [-0.2, 0) is 10.8 Å². The Kier molecular flexibility index (Phi) is 4.55. The number of halogens is 2. The van der Waals surface area contributed by atoms with Gasteiger partial charge in [0.1, 0.15) is 11.6 Å². The van der Waals surface area contributed by atoms with Gasteiger partial charge in [0.15, 0.2) is 23.1 Å². The predicted octanol–water partition coefficient (Wildman–Crippen LogP) is 9.43. The maximum Gasteiger partial charge on any atom is 0.197 e. The van der Waals surface area contributed by atoms with Crippen molar-refractivity contribution in [3.63, 3.8) is 0 Å². The Morgan fingerprint density at radius 3 is 1.57 bits per heavy atom. The summed E-state index contributed by atoms with van der Waals surface area (Å²) in [6.07, 6.45) is 1.68. The number of Topliss-reactive ketones (excluding diaryl/α,β-unsaturated/α-hetero) is 2. The molecule has 0 N–H and O–H groups in total. The first-order valence-electron chi connectivity index (χ1n) is 14.6. The normalized spacial score (nSPS) is 17.4. The second-order valence-corrected chi connectivity index (χ2v) is 13.2. The minimum atomic E-state index is -0.667. The Morgan fingerprint density at radius 2 is 1.09 bits per heavy atom. The highest BCUT2D eigenvalue weighted by molar-refractivity contribution is 6.42. The molecule has 4 aliphatic rings. The molecule has 9 rings (SSSR count). The van der Waals surface area contributed by atoms with E-state index in [1.165, 1.54) is 24.3 Å². The molecule has 0 radical (unpaired) electrons. The highest BCUT2D eigenvalue weighted by Gasteiger charge is 2.50. The Morgan fingerprint density at radius 1 is 0.636 bits per heavy atom. The van der Waals surface area contributed by atoms with Crippen molar-refractivity contribution >= 4 is 45.5 Å². The van der Waals surface area contributed by atoms with Crippen LogP contribution < -0.4 is 9.64 Å². The average molecular weight is 582 g/mol. The van der Waals surface area contributed by atoms with Gasteiger partial charge in [-0.15, -0.1) is 0 Å². The quantitative estimate of drug-likeness (QED) is 0.143. The SMILES string of the molecule is CC1(C)c2cc(F)cc3c2N2c4c(cc(F)cc4C(C)(C)c4cc(C=C5C(=O)c6cc7ccccc7cc6C5=O)cc1c42)O3. The smallest absolute Gasteiger partial charge is 0.197 e. The van der Waals surface area contributed by atoms with Crippen LogP contribution in [0.3, 0.4) is 0 Å². The van der Waals surface area contributed by atoms with Crippen molar-refractivity contribution in [3.05, 3.63) is 129 Å². The van der Waals surface area contributed by atoms with Crippen molar-refractivity contribution in [2.24, 2.45) is 0 Å². The van der Waals surface area contributed by atoms with Gasteiger partial charge in [-0.1, -0.05) is 52.0 Å². The van der Waals surface area contributed by atoms with Crippen LogP contribution in [0, 0.1) is 11.6 Å². The molecule has 0 unspecified atom stereocenters. The maximum atomic E-state index is 15.1. The number of nitrogens with zero attached hydrogens (tertiary/aromatic N) is 1. The van der Waals surface area contributed by atoms with Gasteiger partial charge in [0.2, 0.25) is 0 Å². The van der Waals surface area contributed by atoms with Crippen molar-refractivity contribution in [2.45, 2.75) is 38.5 Å². The van der Waals surface area contributed by atoms with Gasteiger partial charge >= 0.3 is 0 Å². The fourth-order valence-corrected chi connectivity index (χ4v) is 7.70. The average Bonchev–Trinajstić information content (AvgIpc) is 3.20. The number of carbonyl (C=O) groups is 2. The van der Waals surface area contributed by atoms with E-state index >= 15 is 8.78 Å². The monoisotopic (exact) mass is 581 g/mol. The number of hydrogen-bond donors (Lipinski definition) is 0. The third-order valence-electron chi connectivity index (χ3n) is 9.97. The van der Waals surface area contributed by atoms with Gasteiger partial charge in [0, 0.05) is 34.1 Å².